The first-order valence-electron chi connectivity index (χ1n) is 5.01. The van der Waals surface area contributed by atoms with E-state index in [9.17, 15) is 0 Å². The molecule has 1 saturated heterocycles. The predicted octanol–water partition coefficient (Wildman–Crippen LogP) is 1.64. The molecule has 1 aliphatic heterocycles. The molecule has 1 aliphatic rings. The zero-order valence-corrected chi connectivity index (χ0v) is 9.46. The fourth-order valence-electron chi connectivity index (χ4n) is 1.58. The number of nitrogen functional groups attached to an aromatic ring is 1. The summed E-state index contributed by atoms with van der Waals surface area (Å²) in [6.07, 6.45) is 1.40. The number of hydrogen-bond donors (Lipinski definition) is 2. The van der Waals surface area contributed by atoms with Crippen molar-refractivity contribution in [2.45, 2.75) is 29.7 Å². The lowest BCUT2D eigenvalue weighted by Crippen LogP contribution is -2.14. The predicted molar refractivity (Wildman–Crippen MR) is 61.7 cm³/mol. The van der Waals surface area contributed by atoms with Crippen molar-refractivity contribution in [3.63, 3.8) is 0 Å². The molecule has 2 heterocycles. The maximum atomic E-state index is 5.51. The third-order valence-electron chi connectivity index (χ3n) is 2.45. The Balaban J connectivity index is 2.03. The molecule has 3 N–H and O–H groups in total. The molecule has 0 amide bonds. The molecule has 2 unspecified atom stereocenters. The van der Waals surface area contributed by atoms with Crippen LogP contribution in [0.2, 0.25) is 0 Å². The second kappa shape index (κ2) is 4.83. The Morgan fingerprint density at radius 2 is 2.47 bits per heavy atom. The van der Waals surface area contributed by atoms with Crippen molar-refractivity contribution >= 4 is 17.6 Å². The maximum absolute atomic E-state index is 5.51. The van der Waals surface area contributed by atoms with Crippen molar-refractivity contribution < 1.29 is 4.74 Å². The van der Waals surface area contributed by atoms with Crippen LogP contribution in [-0.2, 0) is 4.74 Å². The number of hydrazine groups is 1. The summed E-state index contributed by atoms with van der Waals surface area (Å²) in [6.45, 7) is 2.96. The summed E-state index contributed by atoms with van der Waals surface area (Å²) >= 11 is 1.76. The molecule has 15 heavy (non-hydrogen) atoms. The van der Waals surface area contributed by atoms with Crippen LogP contribution in [-0.4, -0.2) is 22.9 Å². The fraction of sp³-hybridized carbons (Fsp3) is 0.500. The summed E-state index contributed by atoms with van der Waals surface area (Å²) in [5.41, 5.74) is 2.55. The molecule has 1 fully saturated rings. The average Bonchev–Trinajstić information content (AvgIpc) is 2.65. The van der Waals surface area contributed by atoms with Crippen molar-refractivity contribution in [2.24, 2.45) is 5.84 Å². The zero-order chi connectivity index (χ0) is 10.7. The van der Waals surface area contributed by atoms with Crippen LogP contribution < -0.4 is 11.3 Å². The molecule has 5 heteroatoms. The topological polar surface area (TPSA) is 60.2 Å². The third kappa shape index (κ3) is 2.62. The van der Waals surface area contributed by atoms with Gasteiger partial charge in [-0.1, -0.05) is 6.07 Å². The summed E-state index contributed by atoms with van der Waals surface area (Å²) in [5, 5.41) is 1.50. The van der Waals surface area contributed by atoms with Gasteiger partial charge in [0.05, 0.1) is 11.1 Å². The highest BCUT2D eigenvalue weighted by molar-refractivity contribution is 7.99. The van der Waals surface area contributed by atoms with Gasteiger partial charge in [-0.05, 0) is 25.5 Å². The second-order valence-corrected chi connectivity index (χ2v) is 4.79. The maximum Gasteiger partial charge on any atom is 0.141 e. The molecular weight excluding hydrogens is 210 g/mol. The molecule has 0 radical (unpaired) electrons. The van der Waals surface area contributed by atoms with Crippen molar-refractivity contribution in [2.75, 3.05) is 12.0 Å². The van der Waals surface area contributed by atoms with Crippen LogP contribution >= 0.6 is 11.8 Å². The quantitative estimate of drug-likeness (QED) is 0.605. The van der Waals surface area contributed by atoms with E-state index in [1.807, 2.05) is 18.2 Å². The van der Waals surface area contributed by atoms with Crippen LogP contribution in [0.1, 0.15) is 13.3 Å². The Labute approximate surface area is 93.6 Å². The Hall–Kier alpha value is -0.780. The molecule has 1 aromatic heterocycles. The van der Waals surface area contributed by atoms with Gasteiger partial charge in [-0.2, -0.15) is 0 Å². The summed E-state index contributed by atoms with van der Waals surface area (Å²) in [6, 6.07) is 5.79. The summed E-state index contributed by atoms with van der Waals surface area (Å²) in [7, 11) is 0. The van der Waals surface area contributed by atoms with Gasteiger partial charge in [0.15, 0.2) is 0 Å². The SMILES string of the molecule is CC1OCCC1Sc1cccc(NN)n1. The van der Waals surface area contributed by atoms with E-state index >= 15 is 0 Å². The number of nitrogens with two attached hydrogens (primary N) is 1. The molecule has 0 aromatic carbocycles. The zero-order valence-electron chi connectivity index (χ0n) is 8.64. The van der Waals surface area contributed by atoms with Crippen molar-refractivity contribution in [1.29, 1.82) is 0 Å². The van der Waals surface area contributed by atoms with Gasteiger partial charge >= 0.3 is 0 Å². The van der Waals surface area contributed by atoms with E-state index in [4.69, 9.17) is 10.6 Å². The average molecular weight is 225 g/mol. The lowest BCUT2D eigenvalue weighted by Gasteiger charge is -2.12. The molecule has 0 spiro atoms. The van der Waals surface area contributed by atoms with Crippen LogP contribution in [0.3, 0.4) is 0 Å². The van der Waals surface area contributed by atoms with Gasteiger partial charge in [-0.25, -0.2) is 10.8 Å². The van der Waals surface area contributed by atoms with Gasteiger partial charge in [-0.3, -0.25) is 0 Å². The van der Waals surface area contributed by atoms with Crippen LogP contribution in [0.5, 0.6) is 0 Å². The summed E-state index contributed by atoms with van der Waals surface area (Å²) in [4.78, 5) is 4.36. The minimum atomic E-state index is 0.311. The van der Waals surface area contributed by atoms with Gasteiger partial charge in [-0.15, -0.1) is 11.8 Å². The van der Waals surface area contributed by atoms with E-state index in [1.54, 1.807) is 11.8 Å². The van der Waals surface area contributed by atoms with E-state index in [0.29, 0.717) is 17.2 Å². The highest BCUT2D eigenvalue weighted by Gasteiger charge is 2.25. The largest absolute Gasteiger partial charge is 0.377 e. The third-order valence-corrected chi connectivity index (χ3v) is 3.84. The highest BCUT2D eigenvalue weighted by Crippen LogP contribution is 2.31. The normalized spacial score (nSPS) is 25.5. The van der Waals surface area contributed by atoms with Gasteiger partial charge in [0.2, 0.25) is 0 Å². The first kappa shape index (κ1) is 10.7. The number of thioether (sulfide) groups is 1. The van der Waals surface area contributed by atoms with Gasteiger partial charge in [0.25, 0.3) is 0 Å². The second-order valence-electron chi connectivity index (χ2n) is 3.53. The molecular formula is C10H15N3OS. The molecule has 0 aliphatic carbocycles. The van der Waals surface area contributed by atoms with E-state index in [-0.39, 0.29) is 0 Å². The number of aromatic nitrogens is 1. The Morgan fingerprint density at radius 3 is 3.13 bits per heavy atom. The van der Waals surface area contributed by atoms with E-state index in [1.165, 1.54) is 0 Å². The van der Waals surface area contributed by atoms with E-state index in [0.717, 1.165) is 18.1 Å². The first-order valence-corrected chi connectivity index (χ1v) is 5.89. The highest BCUT2D eigenvalue weighted by atomic mass is 32.2. The van der Waals surface area contributed by atoms with Crippen LogP contribution in [0.15, 0.2) is 23.2 Å². The van der Waals surface area contributed by atoms with Crippen LogP contribution in [0.4, 0.5) is 5.82 Å². The molecule has 4 nitrogen and oxygen atoms in total. The summed E-state index contributed by atoms with van der Waals surface area (Å²) in [5.74, 6) is 6.01. The van der Waals surface area contributed by atoms with Gasteiger partial charge in [0, 0.05) is 11.9 Å². The fourth-order valence-corrected chi connectivity index (χ4v) is 2.69. The number of nitrogens with zero attached hydrogens (tertiary/aromatic N) is 1. The number of nitrogens with one attached hydrogen (secondary N) is 1. The monoisotopic (exact) mass is 225 g/mol. The van der Waals surface area contributed by atoms with E-state index in [2.05, 4.69) is 17.3 Å². The number of hydrogen-bond acceptors (Lipinski definition) is 5. The van der Waals surface area contributed by atoms with Gasteiger partial charge < -0.3 is 10.2 Å². The number of pyridine rings is 1. The van der Waals surface area contributed by atoms with Crippen molar-refractivity contribution in [3.05, 3.63) is 18.2 Å². The Bertz CT molecular complexity index is 334. The summed E-state index contributed by atoms with van der Waals surface area (Å²) < 4.78 is 5.51. The number of anilines is 1. The Morgan fingerprint density at radius 1 is 1.60 bits per heavy atom. The standard InChI is InChI=1S/C10H15N3OS/c1-7-8(5-6-14-7)15-10-4-2-3-9(12-10)13-11/h2-4,7-8H,5-6,11H2,1H3,(H,12,13). The Kier molecular flexibility index (Phi) is 3.45. The van der Waals surface area contributed by atoms with Crippen LogP contribution in [0.25, 0.3) is 0 Å². The van der Waals surface area contributed by atoms with E-state index < -0.39 is 0 Å². The molecule has 0 saturated carbocycles. The lowest BCUT2D eigenvalue weighted by molar-refractivity contribution is 0.127. The molecule has 2 rings (SSSR count). The minimum Gasteiger partial charge on any atom is -0.377 e. The molecule has 2 atom stereocenters. The first-order chi connectivity index (χ1) is 7.29. The minimum absolute atomic E-state index is 0.311. The lowest BCUT2D eigenvalue weighted by atomic mass is 10.3. The molecule has 82 valence electrons. The molecule has 0 bridgehead atoms. The number of ether oxygens (including phenoxy) is 1. The van der Waals surface area contributed by atoms with Crippen molar-refractivity contribution in [3.8, 4) is 0 Å². The van der Waals surface area contributed by atoms with Gasteiger partial charge in [0.1, 0.15) is 5.82 Å². The van der Waals surface area contributed by atoms with Crippen molar-refractivity contribution in [1.82, 2.24) is 4.98 Å². The molecule has 1 aromatic rings. The number of rotatable bonds is 3. The van der Waals surface area contributed by atoms with Crippen LogP contribution in [0, 0.1) is 0 Å². The smallest absolute Gasteiger partial charge is 0.141 e.